The average Bonchev–Trinajstić information content (AvgIpc) is 2.84. The Morgan fingerprint density at radius 3 is 2.95 bits per heavy atom. The number of allylic oxidation sites excluding steroid dienone is 2. The Balaban J connectivity index is 1.84. The molecule has 0 amide bonds. The Bertz CT molecular complexity index is 474. The number of carboxylic acid groups (broad SMARTS) is 1. The number of hydrogen-bond donors (Lipinski definition) is 2. The minimum atomic E-state index is -0.782. The van der Waals surface area contributed by atoms with E-state index in [-0.39, 0.29) is 18.4 Å². The van der Waals surface area contributed by atoms with E-state index in [0.717, 1.165) is 18.4 Å². The zero-order valence-electron chi connectivity index (χ0n) is 11.9. The molecule has 0 unspecified atom stereocenters. The van der Waals surface area contributed by atoms with Crippen LogP contribution in [0.2, 0.25) is 0 Å². The lowest BCUT2D eigenvalue weighted by Crippen LogP contribution is -2.19. The minimum Gasteiger partial charge on any atom is -0.481 e. The van der Waals surface area contributed by atoms with Crippen LogP contribution in [0.5, 0.6) is 0 Å². The van der Waals surface area contributed by atoms with Gasteiger partial charge in [0.15, 0.2) is 0 Å². The quantitative estimate of drug-likeness (QED) is 0.754. The van der Waals surface area contributed by atoms with E-state index in [1.165, 1.54) is 0 Å². The monoisotopic (exact) mass is 291 g/mol. The number of carbonyl (C=O) groups is 1. The number of hydrogen-bond acceptors (Lipinski definition) is 4. The molecule has 5 nitrogen and oxygen atoms in total. The Morgan fingerprint density at radius 1 is 1.43 bits per heavy atom. The molecule has 2 N–H and O–H groups in total. The van der Waals surface area contributed by atoms with E-state index in [4.69, 9.17) is 9.84 Å². The standard InChI is InChI=1S/C16H21NO4/c18-14-11-21-16(12-6-5-9-17-10-12)13(14)7-3-1-2-4-8-15(19)20/h1-2,5-6,9-10,13-14,16,18H,3-4,7-8,11H2,(H,19,20)/b2-1-/t13-,14+,16+/m0/s1. The summed E-state index contributed by atoms with van der Waals surface area (Å²) in [6.45, 7) is 0.354. The number of aliphatic hydroxyl groups is 1. The Kier molecular flexibility index (Phi) is 5.90. The summed E-state index contributed by atoms with van der Waals surface area (Å²) in [6, 6.07) is 3.83. The molecule has 0 bridgehead atoms. The van der Waals surface area contributed by atoms with Crippen LogP contribution in [-0.4, -0.2) is 33.9 Å². The van der Waals surface area contributed by atoms with Crippen molar-refractivity contribution in [2.45, 2.75) is 37.9 Å². The smallest absolute Gasteiger partial charge is 0.303 e. The Hall–Kier alpha value is -1.72. The lowest BCUT2D eigenvalue weighted by atomic mass is 9.90. The predicted molar refractivity (Wildman–Crippen MR) is 77.7 cm³/mol. The van der Waals surface area contributed by atoms with Gasteiger partial charge in [0, 0.05) is 24.7 Å². The minimum absolute atomic E-state index is 0.0540. The first-order chi connectivity index (χ1) is 10.2. The second kappa shape index (κ2) is 7.90. The second-order valence-electron chi connectivity index (χ2n) is 5.25. The highest BCUT2D eigenvalue weighted by molar-refractivity contribution is 5.66. The maximum atomic E-state index is 10.4. The summed E-state index contributed by atoms with van der Waals surface area (Å²) in [6.07, 6.45) is 9.11. The predicted octanol–water partition coefficient (Wildman–Crippen LogP) is 2.33. The van der Waals surface area contributed by atoms with Crippen LogP contribution >= 0.6 is 0 Å². The molecular weight excluding hydrogens is 270 g/mol. The van der Waals surface area contributed by atoms with Gasteiger partial charge in [0.05, 0.1) is 18.8 Å². The van der Waals surface area contributed by atoms with E-state index in [2.05, 4.69) is 4.98 Å². The summed E-state index contributed by atoms with van der Waals surface area (Å²) in [7, 11) is 0. The number of carboxylic acids is 1. The summed E-state index contributed by atoms with van der Waals surface area (Å²) in [5, 5.41) is 18.6. The topological polar surface area (TPSA) is 79.7 Å². The lowest BCUT2D eigenvalue weighted by molar-refractivity contribution is -0.136. The van der Waals surface area contributed by atoms with Gasteiger partial charge in [-0.05, 0) is 30.9 Å². The molecule has 1 aliphatic rings. The van der Waals surface area contributed by atoms with Gasteiger partial charge in [-0.15, -0.1) is 0 Å². The number of aromatic nitrogens is 1. The number of rotatable bonds is 7. The molecule has 2 heterocycles. The molecule has 0 saturated carbocycles. The maximum absolute atomic E-state index is 10.4. The maximum Gasteiger partial charge on any atom is 0.303 e. The molecule has 1 saturated heterocycles. The molecule has 21 heavy (non-hydrogen) atoms. The van der Waals surface area contributed by atoms with Crippen LogP contribution < -0.4 is 0 Å². The molecule has 5 heteroatoms. The SMILES string of the molecule is O=C(O)CC/C=C\CC[C@H]1[C@H](O)CO[C@@H]1c1cccnc1. The molecule has 2 rings (SSSR count). The van der Waals surface area contributed by atoms with E-state index < -0.39 is 12.1 Å². The zero-order valence-corrected chi connectivity index (χ0v) is 11.9. The fraction of sp³-hybridized carbons (Fsp3) is 0.500. The van der Waals surface area contributed by atoms with E-state index >= 15 is 0 Å². The van der Waals surface area contributed by atoms with Gasteiger partial charge >= 0.3 is 5.97 Å². The third-order valence-electron chi connectivity index (χ3n) is 3.70. The molecule has 0 aliphatic carbocycles. The molecule has 114 valence electrons. The number of aliphatic hydroxyl groups excluding tert-OH is 1. The fourth-order valence-corrected chi connectivity index (χ4v) is 2.61. The van der Waals surface area contributed by atoms with Crippen molar-refractivity contribution in [3.05, 3.63) is 42.2 Å². The van der Waals surface area contributed by atoms with Crippen molar-refractivity contribution in [2.24, 2.45) is 5.92 Å². The first-order valence-electron chi connectivity index (χ1n) is 7.25. The third-order valence-corrected chi connectivity index (χ3v) is 3.70. The molecular formula is C16H21NO4. The number of ether oxygens (including phenoxy) is 1. The number of nitrogens with zero attached hydrogens (tertiary/aromatic N) is 1. The van der Waals surface area contributed by atoms with E-state index in [1.807, 2.05) is 24.3 Å². The molecule has 3 atom stereocenters. The number of pyridine rings is 1. The van der Waals surface area contributed by atoms with Crippen molar-refractivity contribution in [3.8, 4) is 0 Å². The molecule has 0 radical (unpaired) electrons. The van der Waals surface area contributed by atoms with Gasteiger partial charge in [0.1, 0.15) is 0 Å². The van der Waals surface area contributed by atoms with E-state index in [1.54, 1.807) is 12.4 Å². The second-order valence-corrected chi connectivity index (χ2v) is 5.25. The van der Waals surface area contributed by atoms with Crippen molar-refractivity contribution in [2.75, 3.05) is 6.61 Å². The van der Waals surface area contributed by atoms with E-state index in [9.17, 15) is 9.90 Å². The number of aliphatic carboxylic acids is 1. The molecule has 1 aromatic rings. The molecule has 0 spiro atoms. The Morgan fingerprint density at radius 2 is 2.24 bits per heavy atom. The Labute approximate surface area is 124 Å². The molecule has 0 aromatic carbocycles. The third kappa shape index (κ3) is 4.65. The summed E-state index contributed by atoms with van der Waals surface area (Å²) < 4.78 is 5.68. The van der Waals surface area contributed by atoms with E-state index in [0.29, 0.717) is 13.0 Å². The highest BCUT2D eigenvalue weighted by Gasteiger charge is 2.36. The fourth-order valence-electron chi connectivity index (χ4n) is 2.61. The highest BCUT2D eigenvalue weighted by Crippen LogP contribution is 2.37. The molecule has 1 aromatic heterocycles. The van der Waals surface area contributed by atoms with Crippen LogP contribution in [0.3, 0.4) is 0 Å². The van der Waals surface area contributed by atoms with Crippen LogP contribution in [0, 0.1) is 5.92 Å². The zero-order chi connectivity index (χ0) is 15.1. The van der Waals surface area contributed by atoms with Gasteiger partial charge in [-0.1, -0.05) is 18.2 Å². The van der Waals surface area contributed by atoms with Crippen molar-refractivity contribution in [1.82, 2.24) is 4.98 Å². The lowest BCUT2D eigenvalue weighted by Gasteiger charge is -2.19. The summed E-state index contributed by atoms with van der Waals surface area (Å²) in [4.78, 5) is 14.5. The summed E-state index contributed by atoms with van der Waals surface area (Å²) >= 11 is 0. The first-order valence-corrected chi connectivity index (χ1v) is 7.25. The summed E-state index contributed by atoms with van der Waals surface area (Å²) in [5.74, 6) is -0.728. The highest BCUT2D eigenvalue weighted by atomic mass is 16.5. The van der Waals surface area contributed by atoms with Gasteiger partial charge in [-0.3, -0.25) is 9.78 Å². The largest absolute Gasteiger partial charge is 0.481 e. The first kappa shape index (κ1) is 15.7. The molecule has 1 aliphatic heterocycles. The molecule has 1 fully saturated rings. The van der Waals surface area contributed by atoms with Crippen molar-refractivity contribution >= 4 is 5.97 Å². The van der Waals surface area contributed by atoms with Crippen molar-refractivity contribution in [3.63, 3.8) is 0 Å². The van der Waals surface area contributed by atoms with Crippen LogP contribution in [0.15, 0.2) is 36.7 Å². The van der Waals surface area contributed by atoms with Gasteiger partial charge in [-0.2, -0.15) is 0 Å². The van der Waals surface area contributed by atoms with Crippen LogP contribution in [0.4, 0.5) is 0 Å². The van der Waals surface area contributed by atoms with Gasteiger partial charge in [-0.25, -0.2) is 0 Å². The normalized spacial score (nSPS) is 25.5. The summed E-state index contributed by atoms with van der Waals surface area (Å²) in [5.41, 5.74) is 0.994. The van der Waals surface area contributed by atoms with Gasteiger partial charge < -0.3 is 14.9 Å². The van der Waals surface area contributed by atoms with Crippen molar-refractivity contribution < 1.29 is 19.7 Å². The van der Waals surface area contributed by atoms with Crippen LogP contribution in [0.1, 0.15) is 37.4 Å². The average molecular weight is 291 g/mol. The van der Waals surface area contributed by atoms with Gasteiger partial charge in [0.25, 0.3) is 0 Å². The van der Waals surface area contributed by atoms with Gasteiger partial charge in [0.2, 0.25) is 0 Å². The van der Waals surface area contributed by atoms with Crippen LogP contribution in [0.25, 0.3) is 0 Å². The van der Waals surface area contributed by atoms with Crippen LogP contribution in [-0.2, 0) is 9.53 Å². The van der Waals surface area contributed by atoms with Crippen molar-refractivity contribution in [1.29, 1.82) is 0 Å².